The number of carbonyl (C=O) groups is 4. The van der Waals surface area contributed by atoms with Crippen LogP contribution < -0.4 is 22.1 Å². The van der Waals surface area contributed by atoms with Gasteiger partial charge < -0.3 is 32.0 Å². The Morgan fingerprint density at radius 1 is 1.42 bits per heavy atom. The fourth-order valence-electron chi connectivity index (χ4n) is 3.57. The summed E-state index contributed by atoms with van der Waals surface area (Å²) in [6.45, 7) is 0.229. The summed E-state index contributed by atoms with van der Waals surface area (Å²) in [5, 5.41) is 4.91. The number of nitrogens with one attached hydrogen (secondary N) is 3. The number of primary amides is 1. The lowest BCUT2D eigenvalue weighted by molar-refractivity contribution is -0.152. The van der Waals surface area contributed by atoms with Crippen molar-refractivity contribution in [2.45, 2.75) is 36.9 Å². The van der Waals surface area contributed by atoms with Crippen molar-refractivity contribution in [2.24, 2.45) is 11.5 Å². The third-order valence-electron chi connectivity index (χ3n) is 4.86. The van der Waals surface area contributed by atoms with Crippen molar-refractivity contribution < 1.29 is 19.2 Å². The SMILES string of the molecule is NC(=O)C1(C(=O)[C@@H]2CNC(=O)N2)CCCN1C(=O)[C@@H](N)Cc1cnc[nH]1. The number of Topliss-reactive ketones (excluding diaryl/α,β-unsaturated/α-hetero) is 1. The van der Waals surface area contributed by atoms with Crippen LogP contribution in [0.5, 0.6) is 0 Å². The number of aromatic amines is 1. The molecule has 4 amide bonds. The molecule has 0 spiro atoms. The molecule has 3 atom stereocenters. The lowest BCUT2D eigenvalue weighted by Crippen LogP contribution is -2.67. The van der Waals surface area contributed by atoms with Gasteiger partial charge in [-0.15, -0.1) is 0 Å². The molecule has 0 radical (unpaired) electrons. The molecule has 0 saturated carbocycles. The second kappa shape index (κ2) is 6.75. The normalized spacial score (nSPS) is 26.3. The van der Waals surface area contributed by atoms with E-state index in [1.165, 1.54) is 11.2 Å². The van der Waals surface area contributed by atoms with Gasteiger partial charge in [-0.3, -0.25) is 14.4 Å². The minimum absolute atomic E-state index is 0.0366. The molecule has 26 heavy (non-hydrogen) atoms. The van der Waals surface area contributed by atoms with E-state index in [2.05, 4.69) is 20.6 Å². The quantitative estimate of drug-likeness (QED) is 0.345. The molecule has 7 N–H and O–H groups in total. The Morgan fingerprint density at radius 2 is 2.19 bits per heavy atom. The van der Waals surface area contributed by atoms with Crippen LogP contribution in [0.3, 0.4) is 0 Å². The van der Waals surface area contributed by atoms with E-state index in [0.29, 0.717) is 12.1 Å². The molecular weight excluding hydrogens is 342 g/mol. The highest BCUT2D eigenvalue weighted by Gasteiger charge is 2.57. The third kappa shape index (κ3) is 2.90. The van der Waals surface area contributed by atoms with Crippen LogP contribution >= 0.6 is 0 Å². The molecule has 2 aliphatic rings. The van der Waals surface area contributed by atoms with E-state index in [0.717, 1.165) is 0 Å². The summed E-state index contributed by atoms with van der Waals surface area (Å²) < 4.78 is 0. The maximum absolute atomic E-state index is 13.0. The van der Waals surface area contributed by atoms with E-state index in [1.54, 1.807) is 6.20 Å². The first-order valence-electron chi connectivity index (χ1n) is 8.29. The van der Waals surface area contributed by atoms with E-state index < -0.39 is 41.3 Å². The minimum Gasteiger partial charge on any atom is -0.367 e. The van der Waals surface area contributed by atoms with Gasteiger partial charge in [0.1, 0.15) is 6.04 Å². The second-order valence-electron chi connectivity index (χ2n) is 6.48. The molecule has 1 aromatic heterocycles. The van der Waals surface area contributed by atoms with Gasteiger partial charge in [-0.1, -0.05) is 0 Å². The van der Waals surface area contributed by atoms with Crippen LogP contribution in [-0.2, 0) is 20.8 Å². The number of aromatic nitrogens is 2. The Kier molecular flexibility index (Phi) is 4.64. The van der Waals surface area contributed by atoms with E-state index in [9.17, 15) is 19.2 Å². The molecule has 3 heterocycles. The maximum atomic E-state index is 13.0. The number of rotatable bonds is 6. The second-order valence-corrected chi connectivity index (χ2v) is 6.48. The van der Waals surface area contributed by atoms with Crippen LogP contribution in [0.2, 0.25) is 0 Å². The average Bonchev–Trinajstić information content (AvgIpc) is 3.33. The van der Waals surface area contributed by atoms with Gasteiger partial charge in [-0.05, 0) is 12.8 Å². The van der Waals surface area contributed by atoms with Crippen LogP contribution in [0.25, 0.3) is 0 Å². The number of hydrogen-bond acceptors (Lipinski definition) is 6. The lowest BCUT2D eigenvalue weighted by Gasteiger charge is -2.37. The van der Waals surface area contributed by atoms with Crippen molar-refractivity contribution in [2.75, 3.05) is 13.1 Å². The highest BCUT2D eigenvalue weighted by Crippen LogP contribution is 2.32. The molecule has 11 heteroatoms. The fraction of sp³-hybridized carbons (Fsp3) is 0.533. The molecule has 140 valence electrons. The Balaban J connectivity index is 1.84. The van der Waals surface area contributed by atoms with Crippen molar-refractivity contribution in [3.05, 3.63) is 18.2 Å². The van der Waals surface area contributed by atoms with Gasteiger partial charge in [-0.2, -0.15) is 0 Å². The van der Waals surface area contributed by atoms with Gasteiger partial charge in [0.15, 0.2) is 11.3 Å². The summed E-state index contributed by atoms with van der Waals surface area (Å²) in [5.41, 5.74) is 10.4. The van der Waals surface area contributed by atoms with E-state index in [-0.39, 0.29) is 25.9 Å². The minimum atomic E-state index is -1.80. The van der Waals surface area contributed by atoms with Crippen molar-refractivity contribution in [1.29, 1.82) is 0 Å². The average molecular weight is 363 g/mol. The Bertz CT molecular complexity index is 734. The van der Waals surface area contributed by atoms with Gasteiger partial charge in [0.2, 0.25) is 5.91 Å². The first kappa shape index (κ1) is 17.9. The van der Waals surface area contributed by atoms with Crippen molar-refractivity contribution >= 4 is 23.6 Å². The van der Waals surface area contributed by atoms with Gasteiger partial charge in [0, 0.05) is 31.4 Å². The number of likely N-dealkylation sites (tertiary alicyclic amines) is 1. The summed E-state index contributed by atoms with van der Waals surface area (Å²) in [4.78, 5) is 57.4. The number of amides is 4. The maximum Gasteiger partial charge on any atom is 0.315 e. The van der Waals surface area contributed by atoms with E-state index in [4.69, 9.17) is 11.5 Å². The standard InChI is InChI=1S/C15H21N7O4/c16-9(4-8-5-18-7-20-8)12(24)22-3-1-2-15(22,13(17)25)11(23)10-6-19-14(26)21-10/h5,7,9-10H,1-4,6,16H2,(H2,17,25)(H,18,20)(H2,19,21,26)/t9-,10-,15?/m0/s1. The number of urea groups is 1. The topological polar surface area (TPSA) is 176 Å². The smallest absolute Gasteiger partial charge is 0.315 e. The zero-order chi connectivity index (χ0) is 18.9. The molecule has 2 aliphatic heterocycles. The van der Waals surface area contributed by atoms with Gasteiger partial charge >= 0.3 is 6.03 Å². The zero-order valence-electron chi connectivity index (χ0n) is 14.0. The lowest BCUT2D eigenvalue weighted by atomic mass is 9.85. The number of carbonyl (C=O) groups excluding carboxylic acids is 4. The van der Waals surface area contributed by atoms with Gasteiger partial charge in [-0.25, -0.2) is 9.78 Å². The molecule has 1 unspecified atom stereocenters. The highest BCUT2D eigenvalue weighted by atomic mass is 16.2. The summed E-state index contributed by atoms with van der Waals surface area (Å²) >= 11 is 0. The number of nitrogens with two attached hydrogens (primary N) is 2. The van der Waals surface area contributed by atoms with Crippen molar-refractivity contribution in [1.82, 2.24) is 25.5 Å². The third-order valence-corrected chi connectivity index (χ3v) is 4.86. The molecular formula is C15H21N7O4. The van der Waals surface area contributed by atoms with Crippen LogP contribution in [0.15, 0.2) is 12.5 Å². The molecule has 2 saturated heterocycles. The predicted molar refractivity (Wildman–Crippen MR) is 88.5 cm³/mol. The van der Waals surface area contributed by atoms with Crippen LogP contribution in [-0.4, -0.2) is 69.2 Å². The number of hydrogen-bond donors (Lipinski definition) is 5. The molecule has 0 bridgehead atoms. The summed E-state index contributed by atoms with van der Waals surface area (Å²) in [5.74, 6) is -2.05. The molecule has 1 aromatic rings. The number of H-pyrrole nitrogens is 1. The Morgan fingerprint density at radius 3 is 2.77 bits per heavy atom. The number of imidazole rings is 1. The number of nitrogens with zero attached hydrogens (tertiary/aromatic N) is 2. The zero-order valence-corrected chi connectivity index (χ0v) is 14.0. The van der Waals surface area contributed by atoms with Crippen LogP contribution in [0, 0.1) is 0 Å². The summed E-state index contributed by atoms with van der Waals surface area (Å²) in [6, 6.07) is -2.39. The van der Waals surface area contributed by atoms with Crippen LogP contribution in [0.1, 0.15) is 18.5 Å². The highest BCUT2D eigenvalue weighted by molar-refractivity contribution is 6.16. The monoisotopic (exact) mass is 363 g/mol. The van der Waals surface area contributed by atoms with E-state index >= 15 is 0 Å². The molecule has 0 aromatic carbocycles. The fourth-order valence-corrected chi connectivity index (χ4v) is 3.57. The van der Waals surface area contributed by atoms with Crippen molar-refractivity contribution in [3.8, 4) is 0 Å². The first-order valence-corrected chi connectivity index (χ1v) is 8.29. The molecule has 3 rings (SSSR count). The number of ketones is 1. The largest absolute Gasteiger partial charge is 0.367 e. The van der Waals surface area contributed by atoms with Crippen LogP contribution in [0.4, 0.5) is 4.79 Å². The summed E-state index contributed by atoms with van der Waals surface area (Å²) in [6.07, 6.45) is 3.74. The van der Waals surface area contributed by atoms with Gasteiger partial charge in [0.05, 0.1) is 12.4 Å². The first-order chi connectivity index (χ1) is 12.4. The Hall–Kier alpha value is -2.95. The molecule has 11 nitrogen and oxygen atoms in total. The Labute approximate surface area is 148 Å². The summed E-state index contributed by atoms with van der Waals surface area (Å²) in [7, 11) is 0. The molecule has 0 aliphatic carbocycles. The molecule has 2 fully saturated rings. The van der Waals surface area contributed by atoms with Gasteiger partial charge in [0.25, 0.3) is 5.91 Å². The van der Waals surface area contributed by atoms with Crippen molar-refractivity contribution in [3.63, 3.8) is 0 Å². The predicted octanol–water partition coefficient (Wildman–Crippen LogP) is -2.62. The van der Waals surface area contributed by atoms with E-state index in [1.807, 2.05) is 0 Å².